The van der Waals surface area contributed by atoms with Gasteiger partial charge in [0.1, 0.15) is 12.4 Å². The normalized spacial score (nSPS) is 12.0. The number of hydrogen-bond donors (Lipinski definition) is 1. The molecule has 0 aliphatic rings. The van der Waals surface area contributed by atoms with Gasteiger partial charge in [-0.2, -0.15) is 13.2 Å². The lowest BCUT2D eigenvalue weighted by molar-refractivity contribution is -0.137. The minimum absolute atomic E-state index is 0.0869. The number of anilines is 2. The van der Waals surface area contributed by atoms with E-state index in [1.54, 1.807) is 0 Å². The summed E-state index contributed by atoms with van der Waals surface area (Å²) in [6.07, 6.45) is -3.93. The Morgan fingerprint density at radius 2 is 1.75 bits per heavy atom. The van der Waals surface area contributed by atoms with Gasteiger partial charge in [0, 0.05) is 5.69 Å². The zero-order valence-electron chi connectivity index (χ0n) is 14.0. The molecular weight excluding hydrogens is 447 g/mol. The zero-order chi connectivity index (χ0) is 21.3. The predicted octanol–water partition coefficient (Wildman–Crippen LogP) is 4.56. The molecule has 5 nitrogen and oxygen atoms in total. The first kappa shape index (κ1) is 22.3. The Kier molecular flexibility index (Phi) is 6.47. The van der Waals surface area contributed by atoms with Crippen molar-refractivity contribution >= 4 is 50.5 Å². The van der Waals surface area contributed by atoms with Gasteiger partial charge in [-0.05, 0) is 36.4 Å². The van der Waals surface area contributed by atoms with Crippen LogP contribution in [0, 0.1) is 5.82 Å². The van der Waals surface area contributed by atoms with Gasteiger partial charge in [-0.3, -0.25) is 9.10 Å². The molecule has 1 amide bonds. The van der Waals surface area contributed by atoms with Crippen LogP contribution in [0.5, 0.6) is 0 Å². The molecule has 0 spiro atoms. The molecule has 0 fully saturated rings. The molecule has 0 saturated carbocycles. The monoisotopic (exact) mass is 458 g/mol. The van der Waals surface area contributed by atoms with Gasteiger partial charge in [0.15, 0.2) is 0 Å². The van der Waals surface area contributed by atoms with Crippen LogP contribution in [0.3, 0.4) is 0 Å². The van der Waals surface area contributed by atoms with E-state index in [0.29, 0.717) is 10.4 Å². The highest BCUT2D eigenvalue weighted by Gasteiger charge is 2.33. The molecule has 2 aromatic carbocycles. The number of benzene rings is 2. The van der Waals surface area contributed by atoms with Gasteiger partial charge in [-0.25, -0.2) is 12.8 Å². The van der Waals surface area contributed by atoms with Gasteiger partial charge in [-0.15, -0.1) is 0 Å². The third-order valence-electron chi connectivity index (χ3n) is 3.43. The highest BCUT2D eigenvalue weighted by Crippen LogP contribution is 2.36. The van der Waals surface area contributed by atoms with E-state index in [1.165, 1.54) is 0 Å². The number of sulfonamides is 1. The molecule has 28 heavy (non-hydrogen) atoms. The first-order valence-corrected chi connectivity index (χ1v) is 9.99. The smallest absolute Gasteiger partial charge is 0.324 e. The summed E-state index contributed by atoms with van der Waals surface area (Å²) in [6.45, 7) is -0.773. The van der Waals surface area contributed by atoms with E-state index in [-0.39, 0.29) is 16.4 Å². The van der Waals surface area contributed by atoms with E-state index in [1.807, 2.05) is 0 Å². The number of nitrogens with one attached hydrogen (secondary N) is 1. The van der Waals surface area contributed by atoms with Crippen LogP contribution in [0.4, 0.5) is 28.9 Å². The standard InChI is InChI=1S/C16H12Cl2F4N2O3S/c1-28(26,27)24(10-3-5-14(19)13(18)7-10)8-15(25)23-9-2-4-12(17)11(6-9)16(20,21)22/h2-7H,8H2,1H3,(H,23,25). The third-order valence-corrected chi connectivity index (χ3v) is 5.19. The topological polar surface area (TPSA) is 66.5 Å². The molecule has 0 heterocycles. The van der Waals surface area contributed by atoms with E-state index >= 15 is 0 Å². The SMILES string of the molecule is CS(=O)(=O)N(CC(=O)Nc1ccc(Cl)c(C(F)(F)F)c1)c1ccc(F)c(Cl)c1. The summed E-state index contributed by atoms with van der Waals surface area (Å²) in [4.78, 5) is 12.2. The Labute approximate surface area is 167 Å². The molecule has 0 aliphatic heterocycles. The second-order valence-corrected chi connectivity index (χ2v) is 8.33. The average Bonchev–Trinajstić information content (AvgIpc) is 2.55. The molecule has 0 aromatic heterocycles. The molecule has 0 aliphatic carbocycles. The fraction of sp³-hybridized carbons (Fsp3) is 0.188. The number of rotatable bonds is 5. The number of carbonyl (C=O) groups excluding carboxylic acids is 1. The molecule has 2 aromatic rings. The zero-order valence-corrected chi connectivity index (χ0v) is 16.3. The van der Waals surface area contributed by atoms with Crippen LogP contribution in [0.1, 0.15) is 5.56 Å². The molecule has 0 radical (unpaired) electrons. The number of hydrogen-bond acceptors (Lipinski definition) is 3. The lowest BCUT2D eigenvalue weighted by Crippen LogP contribution is -2.37. The molecular formula is C16H12Cl2F4N2O3S. The summed E-state index contributed by atoms with van der Waals surface area (Å²) in [7, 11) is -3.98. The number of nitrogens with zero attached hydrogens (tertiary/aromatic N) is 1. The summed E-state index contributed by atoms with van der Waals surface area (Å²) in [5.41, 5.74) is -1.47. The van der Waals surface area contributed by atoms with Gasteiger partial charge in [0.2, 0.25) is 15.9 Å². The van der Waals surface area contributed by atoms with Crippen LogP contribution in [-0.4, -0.2) is 27.1 Å². The molecule has 0 saturated heterocycles. The largest absolute Gasteiger partial charge is 0.417 e. The Morgan fingerprint density at radius 3 is 2.29 bits per heavy atom. The number of carbonyl (C=O) groups is 1. The van der Waals surface area contributed by atoms with Crippen molar-refractivity contribution in [2.24, 2.45) is 0 Å². The van der Waals surface area contributed by atoms with Gasteiger partial charge in [0.05, 0.1) is 27.6 Å². The highest BCUT2D eigenvalue weighted by atomic mass is 35.5. The van der Waals surface area contributed by atoms with Gasteiger partial charge >= 0.3 is 6.18 Å². The molecule has 2 rings (SSSR count). The Morgan fingerprint density at radius 1 is 1.11 bits per heavy atom. The van der Waals surface area contributed by atoms with Crippen molar-refractivity contribution in [2.45, 2.75) is 6.18 Å². The summed E-state index contributed by atoms with van der Waals surface area (Å²) >= 11 is 11.1. The summed E-state index contributed by atoms with van der Waals surface area (Å²) in [5.74, 6) is -1.72. The van der Waals surface area contributed by atoms with Crippen LogP contribution in [0.15, 0.2) is 36.4 Å². The van der Waals surface area contributed by atoms with Crippen molar-refractivity contribution in [1.82, 2.24) is 0 Å². The Balaban J connectivity index is 2.27. The van der Waals surface area contributed by atoms with Crippen molar-refractivity contribution in [3.63, 3.8) is 0 Å². The maximum absolute atomic E-state index is 13.3. The highest BCUT2D eigenvalue weighted by molar-refractivity contribution is 7.92. The maximum atomic E-state index is 13.3. The van der Waals surface area contributed by atoms with E-state index < -0.39 is 45.1 Å². The predicted molar refractivity (Wildman–Crippen MR) is 98.7 cm³/mol. The summed E-state index contributed by atoms with van der Waals surface area (Å²) in [6, 6.07) is 5.74. The molecule has 0 unspecified atom stereocenters. The fourth-order valence-electron chi connectivity index (χ4n) is 2.19. The Bertz CT molecular complexity index is 1010. The summed E-state index contributed by atoms with van der Waals surface area (Å²) in [5, 5.41) is 1.26. The quantitative estimate of drug-likeness (QED) is 0.668. The van der Waals surface area contributed by atoms with Crippen LogP contribution in [0.25, 0.3) is 0 Å². The second-order valence-electron chi connectivity index (χ2n) is 5.61. The van der Waals surface area contributed by atoms with Crippen LogP contribution in [0.2, 0.25) is 10.0 Å². The van der Waals surface area contributed by atoms with E-state index in [2.05, 4.69) is 5.32 Å². The minimum atomic E-state index is -4.73. The van der Waals surface area contributed by atoms with Gasteiger partial charge in [-0.1, -0.05) is 23.2 Å². The number of halogens is 6. The molecule has 12 heteroatoms. The molecule has 0 atom stereocenters. The van der Waals surface area contributed by atoms with E-state index in [9.17, 15) is 30.8 Å². The van der Waals surface area contributed by atoms with E-state index in [4.69, 9.17) is 23.2 Å². The van der Waals surface area contributed by atoms with Gasteiger partial charge < -0.3 is 5.32 Å². The molecule has 1 N–H and O–H groups in total. The molecule has 152 valence electrons. The maximum Gasteiger partial charge on any atom is 0.417 e. The second kappa shape index (κ2) is 8.14. The lowest BCUT2D eigenvalue weighted by atomic mass is 10.2. The average molecular weight is 459 g/mol. The molecule has 0 bridgehead atoms. The van der Waals surface area contributed by atoms with Crippen molar-refractivity contribution in [2.75, 3.05) is 22.4 Å². The first-order chi connectivity index (χ1) is 12.8. The van der Waals surface area contributed by atoms with Crippen LogP contribution in [-0.2, 0) is 21.0 Å². The summed E-state index contributed by atoms with van der Waals surface area (Å²) < 4.78 is 76.6. The van der Waals surface area contributed by atoms with Crippen molar-refractivity contribution in [3.05, 3.63) is 57.8 Å². The lowest BCUT2D eigenvalue weighted by Gasteiger charge is -2.22. The van der Waals surface area contributed by atoms with Gasteiger partial charge in [0.25, 0.3) is 0 Å². The van der Waals surface area contributed by atoms with Crippen molar-refractivity contribution in [1.29, 1.82) is 0 Å². The Hall–Kier alpha value is -2.04. The fourth-order valence-corrected chi connectivity index (χ4v) is 3.44. The first-order valence-electron chi connectivity index (χ1n) is 7.38. The van der Waals surface area contributed by atoms with Crippen molar-refractivity contribution < 1.29 is 30.8 Å². The van der Waals surface area contributed by atoms with E-state index in [0.717, 1.165) is 36.6 Å². The number of alkyl halides is 3. The number of amides is 1. The van der Waals surface area contributed by atoms with Crippen LogP contribution >= 0.6 is 23.2 Å². The van der Waals surface area contributed by atoms with Crippen LogP contribution < -0.4 is 9.62 Å². The van der Waals surface area contributed by atoms with Crippen molar-refractivity contribution in [3.8, 4) is 0 Å². The minimum Gasteiger partial charge on any atom is -0.324 e. The third kappa shape index (κ3) is 5.49.